The first-order chi connectivity index (χ1) is 12.6. The van der Waals surface area contributed by atoms with Crippen LogP contribution in [0.3, 0.4) is 0 Å². The third-order valence-corrected chi connectivity index (χ3v) is 8.81. The van der Waals surface area contributed by atoms with Gasteiger partial charge in [-0.3, -0.25) is 0 Å². The summed E-state index contributed by atoms with van der Waals surface area (Å²) < 4.78 is 4.93. The third-order valence-electron chi connectivity index (χ3n) is 8.81. The van der Waals surface area contributed by atoms with Gasteiger partial charge in [-0.2, -0.15) is 0 Å². The molecule has 130 valence electrons. The molecule has 2 bridgehead atoms. The van der Waals surface area contributed by atoms with Gasteiger partial charge in [0.05, 0.1) is 23.9 Å². The van der Waals surface area contributed by atoms with E-state index in [4.69, 9.17) is 0 Å². The van der Waals surface area contributed by atoms with Gasteiger partial charge in [-0.05, 0) is 42.2 Å². The average molecular weight is 347 g/mol. The SMILES string of the molecule is O=c1n(-c2ccccc2)c(=O)n2n1[C@H]1[C@@H]3[C@@H]4[C@@H]3[C@@H]3[C@@]15C=C[C@H](O)C[C@@]35[C@H]42. The molecule has 1 N–H and O–H groups in total. The number of allylic oxidation sites excluding steroid dienone is 1. The fourth-order valence-corrected chi connectivity index (χ4v) is 8.52. The van der Waals surface area contributed by atoms with Crippen molar-refractivity contribution in [1.82, 2.24) is 13.9 Å². The van der Waals surface area contributed by atoms with Gasteiger partial charge in [0, 0.05) is 10.8 Å². The topological polar surface area (TPSA) is 69.2 Å². The Morgan fingerprint density at radius 1 is 0.962 bits per heavy atom. The van der Waals surface area contributed by atoms with E-state index < -0.39 is 6.10 Å². The molecule has 1 aromatic heterocycles. The number of benzene rings is 1. The maximum atomic E-state index is 13.3. The number of hydrogen-bond donors (Lipinski definition) is 1. The molecule has 6 nitrogen and oxygen atoms in total. The lowest BCUT2D eigenvalue weighted by Gasteiger charge is -2.49. The molecule has 6 heteroatoms. The molecule has 9 rings (SSSR count). The molecule has 5 aliphatic carbocycles. The van der Waals surface area contributed by atoms with Crippen LogP contribution in [0.15, 0.2) is 52.1 Å². The molecule has 0 amide bonds. The second-order valence-corrected chi connectivity index (χ2v) is 9.13. The second-order valence-electron chi connectivity index (χ2n) is 9.13. The normalized spacial score (nSPS) is 52.0. The summed E-state index contributed by atoms with van der Waals surface area (Å²) >= 11 is 0. The highest BCUT2D eigenvalue weighted by atomic mass is 16.3. The van der Waals surface area contributed by atoms with Gasteiger partial charge >= 0.3 is 11.4 Å². The predicted molar refractivity (Wildman–Crippen MR) is 91.0 cm³/mol. The summed E-state index contributed by atoms with van der Waals surface area (Å²) in [4.78, 5) is 26.7. The second kappa shape index (κ2) is 3.31. The molecule has 0 unspecified atom stereocenters. The number of nitrogens with zero attached hydrogens (tertiary/aromatic N) is 3. The van der Waals surface area contributed by atoms with E-state index in [1.54, 1.807) is 9.36 Å². The van der Waals surface area contributed by atoms with Crippen LogP contribution in [-0.4, -0.2) is 25.1 Å². The smallest absolute Gasteiger partial charge is 0.352 e. The lowest BCUT2D eigenvalue weighted by molar-refractivity contribution is -0.00744. The minimum Gasteiger partial charge on any atom is -0.389 e. The Morgan fingerprint density at radius 3 is 2.42 bits per heavy atom. The van der Waals surface area contributed by atoms with Crippen LogP contribution < -0.4 is 11.4 Å². The lowest BCUT2D eigenvalue weighted by atomic mass is 9.67. The van der Waals surface area contributed by atoms with Crippen LogP contribution in [0.5, 0.6) is 0 Å². The monoisotopic (exact) mass is 347 g/mol. The summed E-state index contributed by atoms with van der Waals surface area (Å²) in [5.41, 5.74) is 0.254. The average Bonchev–Trinajstić information content (AvgIpc) is 3.40. The standard InChI is InChI=1S/C20H17N3O3/c24-10-6-7-19-14-11-12-13(11)16(20(14,19)8-10)23-18(26)21(9-4-2-1-3-5-9)17(25)22(23)15(12)19/h1-7,10-16,24H,8H2/t10-,11+,12-,13-,14+,15-,16-,19-,20-/m0/s1. The Morgan fingerprint density at radius 2 is 1.65 bits per heavy atom. The van der Waals surface area contributed by atoms with Crippen LogP contribution in [0.1, 0.15) is 18.5 Å². The summed E-state index contributed by atoms with van der Waals surface area (Å²) in [7, 11) is 0. The molecule has 0 radical (unpaired) electrons. The van der Waals surface area contributed by atoms with Crippen molar-refractivity contribution >= 4 is 0 Å². The van der Waals surface area contributed by atoms with Crippen molar-refractivity contribution in [3.05, 3.63) is 63.5 Å². The van der Waals surface area contributed by atoms with Crippen molar-refractivity contribution < 1.29 is 5.11 Å². The summed E-state index contributed by atoms with van der Waals surface area (Å²) in [6.07, 6.45) is 4.47. The molecule has 2 aromatic rings. The number of aromatic nitrogens is 3. The van der Waals surface area contributed by atoms with Crippen LogP contribution in [0.4, 0.5) is 0 Å². The third kappa shape index (κ3) is 0.895. The van der Waals surface area contributed by atoms with Crippen LogP contribution in [0, 0.1) is 34.5 Å². The minimum absolute atomic E-state index is 0.00898. The molecule has 4 saturated carbocycles. The molecule has 7 aliphatic rings. The Bertz CT molecular complexity index is 1190. The van der Waals surface area contributed by atoms with Gasteiger partial charge in [0.1, 0.15) is 0 Å². The highest BCUT2D eigenvalue weighted by Crippen LogP contribution is 3.03. The summed E-state index contributed by atoms with van der Waals surface area (Å²) in [6.45, 7) is 0. The zero-order valence-corrected chi connectivity index (χ0v) is 13.9. The Hall–Kier alpha value is -2.34. The predicted octanol–water partition coefficient (Wildman–Crippen LogP) is 0.709. The minimum atomic E-state index is -0.421. The van der Waals surface area contributed by atoms with Crippen molar-refractivity contribution in [3.63, 3.8) is 0 Å². The Balaban J connectivity index is 1.47. The van der Waals surface area contributed by atoms with Crippen molar-refractivity contribution in [2.45, 2.75) is 24.6 Å². The van der Waals surface area contributed by atoms with E-state index in [1.807, 2.05) is 36.4 Å². The molecule has 0 saturated heterocycles. The molecule has 9 atom stereocenters. The van der Waals surface area contributed by atoms with Gasteiger partial charge < -0.3 is 5.11 Å². The Labute approximate surface area is 148 Å². The van der Waals surface area contributed by atoms with Gasteiger partial charge in [0.25, 0.3) is 0 Å². The molecule has 3 heterocycles. The lowest BCUT2D eigenvalue weighted by Crippen LogP contribution is -2.53. The first kappa shape index (κ1) is 12.9. The zero-order valence-electron chi connectivity index (χ0n) is 13.9. The van der Waals surface area contributed by atoms with E-state index >= 15 is 0 Å². The van der Waals surface area contributed by atoms with Crippen molar-refractivity contribution in [2.75, 3.05) is 0 Å². The molecule has 2 spiro atoms. The van der Waals surface area contributed by atoms with Gasteiger partial charge in [-0.15, -0.1) is 0 Å². The Kier molecular flexibility index (Phi) is 1.65. The van der Waals surface area contributed by atoms with Crippen LogP contribution >= 0.6 is 0 Å². The first-order valence-corrected chi connectivity index (χ1v) is 9.53. The molecular formula is C20H17N3O3. The number of hydrogen-bond acceptors (Lipinski definition) is 3. The highest BCUT2D eigenvalue weighted by molar-refractivity contribution is 5.54. The van der Waals surface area contributed by atoms with Gasteiger partial charge in [0.15, 0.2) is 0 Å². The quantitative estimate of drug-likeness (QED) is 0.773. The molecule has 4 fully saturated rings. The zero-order chi connectivity index (χ0) is 17.2. The fourth-order valence-electron chi connectivity index (χ4n) is 8.52. The van der Waals surface area contributed by atoms with Gasteiger partial charge in [-0.25, -0.2) is 23.5 Å². The summed E-state index contributed by atoms with van der Waals surface area (Å²) in [5.74, 6) is 2.30. The van der Waals surface area contributed by atoms with Crippen LogP contribution in [-0.2, 0) is 0 Å². The van der Waals surface area contributed by atoms with Crippen molar-refractivity contribution in [1.29, 1.82) is 0 Å². The molecular weight excluding hydrogens is 330 g/mol. The molecule has 2 aliphatic heterocycles. The van der Waals surface area contributed by atoms with Crippen LogP contribution in [0.2, 0.25) is 0 Å². The first-order valence-electron chi connectivity index (χ1n) is 9.53. The van der Waals surface area contributed by atoms with Crippen molar-refractivity contribution in [2.24, 2.45) is 34.5 Å². The van der Waals surface area contributed by atoms with E-state index in [0.29, 0.717) is 29.4 Å². The van der Waals surface area contributed by atoms with E-state index in [1.165, 1.54) is 4.57 Å². The number of aliphatic hydroxyl groups is 1. The largest absolute Gasteiger partial charge is 0.389 e. The van der Waals surface area contributed by atoms with Crippen molar-refractivity contribution in [3.8, 4) is 5.69 Å². The number of para-hydroxylation sites is 1. The maximum absolute atomic E-state index is 13.3. The van der Waals surface area contributed by atoms with Gasteiger partial charge in [-0.1, -0.05) is 30.4 Å². The van der Waals surface area contributed by atoms with E-state index in [2.05, 4.69) is 6.08 Å². The summed E-state index contributed by atoms with van der Waals surface area (Å²) in [5, 5.41) is 10.3. The highest BCUT2D eigenvalue weighted by Gasteiger charge is 3.02. The van der Waals surface area contributed by atoms with E-state index in [0.717, 1.165) is 6.42 Å². The maximum Gasteiger partial charge on any atom is 0.352 e. The van der Waals surface area contributed by atoms with Gasteiger partial charge in [0.2, 0.25) is 0 Å². The van der Waals surface area contributed by atoms with E-state index in [-0.39, 0.29) is 34.3 Å². The summed E-state index contributed by atoms with van der Waals surface area (Å²) in [6, 6.07) is 9.41. The fraction of sp³-hybridized carbons (Fsp3) is 0.500. The molecule has 26 heavy (non-hydrogen) atoms. The number of aliphatic hydroxyl groups excluding tert-OH is 1. The van der Waals surface area contributed by atoms with Crippen LogP contribution in [0.25, 0.3) is 5.69 Å². The molecule has 1 aromatic carbocycles. The van der Waals surface area contributed by atoms with E-state index in [9.17, 15) is 14.7 Å². The number of rotatable bonds is 1.